The summed E-state index contributed by atoms with van der Waals surface area (Å²) in [4.78, 5) is 15.0. The number of nitrogens with zero attached hydrogens (tertiary/aromatic N) is 2. The molecule has 0 saturated heterocycles. The van der Waals surface area contributed by atoms with Gasteiger partial charge in [-0.3, -0.25) is 0 Å². The molecule has 5 nitrogen and oxygen atoms in total. The second-order valence-electron chi connectivity index (χ2n) is 2.36. The quantitative estimate of drug-likeness (QED) is 0.615. The lowest BCUT2D eigenvalue weighted by Gasteiger charge is -1.96. The Kier molecular flexibility index (Phi) is 2.44. The minimum atomic E-state index is -0.447. The third kappa shape index (κ3) is 1.45. The fourth-order valence-corrected chi connectivity index (χ4v) is 0.908. The van der Waals surface area contributed by atoms with Gasteiger partial charge in [0.2, 0.25) is 5.82 Å². The van der Waals surface area contributed by atoms with Crippen molar-refractivity contribution in [2.45, 2.75) is 6.54 Å². The maximum Gasteiger partial charge on any atom is 0.374 e. The van der Waals surface area contributed by atoms with Crippen LogP contribution >= 0.6 is 0 Å². The zero-order valence-electron chi connectivity index (χ0n) is 7.07. The van der Waals surface area contributed by atoms with Gasteiger partial charge in [0.1, 0.15) is 0 Å². The molecular formula is C7H11N3O2. The Morgan fingerprint density at radius 3 is 2.92 bits per heavy atom. The molecule has 1 aromatic heterocycles. The number of methoxy groups -OCH3 is 1. The van der Waals surface area contributed by atoms with Crippen LogP contribution in [0.15, 0.2) is 6.20 Å². The number of carbonyl (C=O) groups is 1. The van der Waals surface area contributed by atoms with Crippen LogP contribution in [0.2, 0.25) is 0 Å². The first-order valence-corrected chi connectivity index (χ1v) is 3.49. The standard InChI is InChI=1S/C7H11N3O2/c1-10-4-5(3-8)9-6(10)7(11)12-2/h4H,3,8H2,1-2H3. The first kappa shape index (κ1) is 8.73. The zero-order chi connectivity index (χ0) is 9.14. The van der Waals surface area contributed by atoms with Gasteiger partial charge in [-0.1, -0.05) is 0 Å². The van der Waals surface area contributed by atoms with E-state index in [2.05, 4.69) is 9.72 Å². The molecular weight excluding hydrogens is 158 g/mol. The Hall–Kier alpha value is -1.36. The summed E-state index contributed by atoms with van der Waals surface area (Å²) in [6.45, 7) is 0.324. The summed E-state index contributed by atoms with van der Waals surface area (Å²) in [5.74, 6) is -0.171. The number of rotatable bonds is 2. The minimum Gasteiger partial charge on any atom is -0.463 e. The smallest absolute Gasteiger partial charge is 0.374 e. The summed E-state index contributed by atoms with van der Waals surface area (Å²) in [7, 11) is 3.04. The molecule has 1 heterocycles. The van der Waals surface area contributed by atoms with E-state index in [1.807, 2.05) is 0 Å². The monoisotopic (exact) mass is 169 g/mol. The number of esters is 1. The fraction of sp³-hybridized carbons (Fsp3) is 0.429. The molecule has 0 aliphatic carbocycles. The first-order chi connectivity index (χ1) is 5.69. The molecule has 0 radical (unpaired) electrons. The average Bonchev–Trinajstić information content (AvgIpc) is 2.45. The highest BCUT2D eigenvalue weighted by atomic mass is 16.5. The average molecular weight is 169 g/mol. The highest BCUT2D eigenvalue weighted by Crippen LogP contribution is 2.01. The number of imidazole rings is 1. The van der Waals surface area contributed by atoms with Gasteiger partial charge in [-0.15, -0.1) is 0 Å². The second-order valence-corrected chi connectivity index (χ2v) is 2.36. The molecule has 0 bridgehead atoms. The van der Waals surface area contributed by atoms with Crippen LogP contribution in [0.1, 0.15) is 16.3 Å². The lowest BCUT2D eigenvalue weighted by atomic mass is 10.5. The summed E-state index contributed by atoms with van der Waals surface area (Å²) in [5.41, 5.74) is 6.02. The topological polar surface area (TPSA) is 70.1 Å². The van der Waals surface area contributed by atoms with E-state index in [9.17, 15) is 4.79 Å². The molecule has 12 heavy (non-hydrogen) atoms. The van der Waals surface area contributed by atoms with E-state index in [-0.39, 0.29) is 5.82 Å². The van der Waals surface area contributed by atoms with Gasteiger partial charge >= 0.3 is 5.97 Å². The predicted octanol–water partition coefficient (Wildman–Crippen LogP) is -0.335. The molecule has 0 unspecified atom stereocenters. The van der Waals surface area contributed by atoms with Gasteiger partial charge in [0.25, 0.3) is 0 Å². The summed E-state index contributed by atoms with van der Waals surface area (Å²) in [6.07, 6.45) is 1.70. The summed E-state index contributed by atoms with van der Waals surface area (Å²) >= 11 is 0. The molecule has 1 aromatic rings. The van der Waals surface area contributed by atoms with E-state index in [4.69, 9.17) is 5.73 Å². The Bertz CT molecular complexity index is 293. The van der Waals surface area contributed by atoms with Crippen LogP contribution in [0.5, 0.6) is 0 Å². The minimum absolute atomic E-state index is 0.276. The first-order valence-electron chi connectivity index (χ1n) is 3.49. The van der Waals surface area contributed by atoms with E-state index in [1.54, 1.807) is 17.8 Å². The largest absolute Gasteiger partial charge is 0.463 e. The van der Waals surface area contributed by atoms with Crippen molar-refractivity contribution in [3.05, 3.63) is 17.7 Å². The van der Waals surface area contributed by atoms with Crippen LogP contribution < -0.4 is 5.73 Å². The van der Waals surface area contributed by atoms with E-state index in [0.29, 0.717) is 12.2 Å². The fourth-order valence-electron chi connectivity index (χ4n) is 0.908. The van der Waals surface area contributed by atoms with Crippen molar-refractivity contribution in [2.75, 3.05) is 7.11 Å². The highest BCUT2D eigenvalue weighted by Gasteiger charge is 2.12. The van der Waals surface area contributed by atoms with Gasteiger partial charge in [-0.05, 0) is 0 Å². The lowest BCUT2D eigenvalue weighted by molar-refractivity contribution is 0.0582. The number of hydrogen-bond acceptors (Lipinski definition) is 4. The molecule has 0 atom stereocenters. The summed E-state index contributed by atoms with van der Waals surface area (Å²) in [5, 5.41) is 0. The third-order valence-electron chi connectivity index (χ3n) is 1.50. The van der Waals surface area contributed by atoms with Crippen LogP contribution in [0.25, 0.3) is 0 Å². The molecule has 0 saturated carbocycles. The summed E-state index contributed by atoms with van der Waals surface area (Å²) < 4.78 is 6.10. The van der Waals surface area contributed by atoms with E-state index in [1.165, 1.54) is 7.11 Å². The third-order valence-corrected chi connectivity index (χ3v) is 1.50. The Balaban J connectivity index is 2.99. The number of hydrogen-bond donors (Lipinski definition) is 1. The van der Waals surface area contributed by atoms with Crippen LogP contribution in [0.3, 0.4) is 0 Å². The molecule has 5 heteroatoms. The van der Waals surface area contributed by atoms with Gasteiger partial charge in [0, 0.05) is 19.8 Å². The van der Waals surface area contributed by atoms with Gasteiger partial charge in [0.15, 0.2) is 0 Å². The molecule has 2 N–H and O–H groups in total. The molecule has 0 amide bonds. The molecule has 0 fully saturated rings. The van der Waals surface area contributed by atoms with Crippen molar-refractivity contribution in [3.8, 4) is 0 Å². The Morgan fingerprint density at radius 2 is 2.50 bits per heavy atom. The lowest BCUT2D eigenvalue weighted by Crippen LogP contribution is -2.08. The van der Waals surface area contributed by atoms with Crippen molar-refractivity contribution in [1.29, 1.82) is 0 Å². The van der Waals surface area contributed by atoms with Gasteiger partial charge in [0.05, 0.1) is 12.8 Å². The van der Waals surface area contributed by atoms with Gasteiger partial charge in [-0.2, -0.15) is 0 Å². The predicted molar refractivity (Wildman–Crippen MR) is 42.4 cm³/mol. The number of nitrogens with two attached hydrogens (primary N) is 1. The SMILES string of the molecule is COC(=O)c1nc(CN)cn1C. The molecule has 0 spiro atoms. The maximum absolute atomic E-state index is 11.0. The van der Waals surface area contributed by atoms with Crippen molar-refractivity contribution in [1.82, 2.24) is 9.55 Å². The summed E-state index contributed by atoms with van der Waals surface area (Å²) in [6, 6.07) is 0. The number of ether oxygens (including phenoxy) is 1. The van der Waals surface area contributed by atoms with Gasteiger partial charge < -0.3 is 15.0 Å². The zero-order valence-corrected chi connectivity index (χ0v) is 7.07. The van der Waals surface area contributed by atoms with Crippen LogP contribution in [-0.4, -0.2) is 22.6 Å². The Morgan fingerprint density at radius 1 is 1.83 bits per heavy atom. The molecule has 0 aromatic carbocycles. The number of carbonyl (C=O) groups excluding carboxylic acids is 1. The molecule has 0 aliphatic rings. The van der Waals surface area contributed by atoms with Crippen LogP contribution in [0.4, 0.5) is 0 Å². The van der Waals surface area contributed by atoms with E-state index < -0.39 is 5.97 Å². The van der Waals surface area contributed by atoms with E-state index >= 15 is 0 Å². The molecule has 66 valence electrons. The molecule has 1 rings (SSSR count). The highest BCUT2D eigenvalue weighted by molar-refractivity contribution is 5.85. The van der Waals surface area contributed by atoms with Crippen molar-refractivity contribution in [3.63, 3.8) is 0 Å². The number of aromatic nitrogens is 2. The molecule has 0 aliphatic heterocycles. The Labute approximate surface area is 70.1 Å². The van der Waals surface area contributed by atoms with Crippen LogP contribution in [0, 0.1) is 0 Å². The van der Waals surface area contributed by atoms with Crippen molar-refractivity contribution in [2.24, 2.45) is 12.8 Å². The van der Waals surface area contributed by atoms with Gasteiger partial charge in [-0.25, -0.2) is 9.78 Å². The van der Waals surface area contributed by atoms with Crippen LogP contribution in [-0.2, 0) is 18.3 Å². The van der Waals surface area contributed by atoms with Crippen molar-refractivity contribution < 1.29 is 9.53 Å². The normalized spacial score (nSPS) is 9.92. The van der Waals surface area contributed by atoms with Crippen molar-refractivity contribution >= 4 is 5.97 Å². The van der Waals surface area contributed by atoms with E-state index in [0.717, 1.165) is 0 Å². The maximum atomic E-state index is 11.0. The number of aryl methyl sites for hydroxylation is 1. The second kappa shape index (κ2) is 3.36.